The zero-order valence-corrected chi connectivity index (χ0v) is 18.0. The van der Waals surface area contributed by atoms with Gasteiger partial charge in [-0.15, -0.1) is 0 Å². The number of carbonyl (C=O) groups is 1. The van der Waals surface area contributed by atoms with Crippen molar-refractivity contribution in [2.75, 3.05) is 42.2 Å². The Morgan fingerprint density at radius 3 is 2.47 bits per heavy atom. The van der Waals surface area contributed by atoms with Crippen LogP contribution in [0.1, 0.15) is 5.56 Å². The molecule has 13 heteroatoms. The maximum absolute atomic E-state index is 14.9. The molecule has 1 aromatic heterocycles. The molecule has 0 unspecified atom stereocenters. The van der Waals surface area contributed by atoms with Crippen molar-refractivity contribution in [2.24, 2.45) is 5.73 Å². The number of hydrogen-bond acceptors (Lipinski definition) is 8. The van der Waals surface area contributed by atoms with Crippen molar-refractivity contribution in [3.8, 4) is 0 Å². The molecular formula is C19H22F2N6O4S. The standard InChI is InChI=1S/C19H22F2N6O4S/c1-32(29,30)13-2-3-15(14(20)10-13)26-6-8-27(9-7-26)17-16(21)12(4-5-24-17)11-31-19(28)25-18(22)23/h2-5,10H,6-9,11H2,1H3,(H4,22,23,25,28). The third kappa shape index (κ3) is 5.41. The van der Waals surface area contributed by atoms with E-state index in [2.05, 4.69) is 4.98 Å². The van der Waals surface area contributed by atoms with Gasteiger partial charge in [0.25, 0.3) is 0 Å². The molecule has 0 spiro atoms. The van der Waals surface area contributed by atoms with Crippen LogP contribution in [-0.2, 0) is 21.2 Å². The van der Waals surface area contributed by atoms with Gasteiger partial charge in [-0.2, -0.15) is 0 Å². The monoisotopic (exact) mass is 468 g/mol. The Bertz CT molecular complexity index is 1140. The number of guanidine groups is 1. The van der Waals surface area contributed by atoms with Crippen LogP contribution >= 0.6 is 0 Å². The van der Waals surface area contributed by atoms with Crippen molar-refractivity contribution in [1.29, 1.82) is 5.41 Å². The van der Waals surface area contributed by atoms with Gasteiger partial charge in [0, 0.05) is 44.2 Å². The van der Waals surface area contributed by atoms with Crippen molar-refractivity contribution in [2.45, 2.75) is 11.5 Å². The first kappa shape index (κ1) is 23.2. The molecule has 10 nitrogen and oxygen atoms in total. The highest BCUT2D eigenvalue weighted by molar-refractivity contribution is 7.90. The Kier molecular flexibility index (Phi) is 6.77. The molecule has 172 valence electrons. The normalized spacial score (nSPS) is 14.2. The van der Waals surface area contributed by atoms with E-state index in [0.717, 1.165) is 12.3 Å². The molecule has 1 aromatic carbocycles. The number of aromatic nitrogens is 1. The Balaban J connectivity index is 1.66. The molecule has 2 heterocycles. The fraction of sp³-hybridized carbons (Fsp3) is 0.316. The topological polar surface area (TPSA) is 142 Å². The average molecular weight is 468 g/mol. The number of nitrogens with zero attached hydrogens (tertiary/aromatic N) is 3. The maximum Gasteiger partial charge on any atom is 0.414 e. The number of pyridine rings is 1. The highest BCUT2D eigenvalue weighted by atomic mass is 32.2. The first-order valence-corrected chi connectivity index (χ1v) is 11.4. The van der Waals surface area contributed by atoms with Gasteiger partial charge in [0.1, 0.15) is 12.4 Å². The lowest BCUT2D eigenvalue weighted by molar-refractivity contribution is 0.143. The second-order valence-electron chi connectivity index (χ2n) is 7.08. The van der Waals surface area contributed by atoms with Crippen molar-refractivity contribution in [3.05, 3.63) is 47.7 Å². The number of piperazine rings is 1. The number of halogens is 2. The van der Waals surface area contributed by atoms with Crippen molar-refractivity contribution >= 4 is 33.4 Å². The Labute approximate surface area is 183 Å². The summed E-state index contributed by atoms with van der Waals surface area (Å²) in [6, 6.07) is 5.14. The highest BCUT2D eigenvalue weighted by Crippen LogP contribution is 2.26. The molecule has 0 bridgehead atoms. The molecule has 32 heavy (non-hydrogen) atoms. The fourth-order valence-corrected chi connectivity index (χ4v) is 3.86. The van der Waals surface area contributed by atoms with Gasteiger partial charge in [-0.3, -0.25) is 10.7 Å². The summed E-state index contributed by atoms with van der Waals surface area (Å²) in [7, 11) is -3.51. The molecule has 1 fully saturated rings. The lowest BCUT2D eigenvalue weighted by Gasteiger charge is -2.37. The van der Waals surface area contributed by atoms with E-state index in [0.29, 0.717) is 26.2 Å². The van der Waals surface area contributed by atoms with Crippen LogP contribution in [0.3, 0.4) is 0 Å². The third-order valence-corrected chi connectivity index (χ3v) is 5.92. The first-order chi connectivity index (χ1) is 15.1. The number of amides is 1. The fourth-order valence-electron chi connectivity index (χ4n) is 3.23. The van der Waals surface area contributed by atoms with Crippen LogP contribution in [0.2, 0.25) is 0 Å². The van der Waals surface area contributed by atoms with Crippen molar-refractivity contribution in [3.63, 3.8) is 0 Å². The van der Waals surface area contributed by atoms with Gasteiger partial charge in [0.05, 0.1) is 10.6 Å². The van der Waals surface area contributed by atoms with Crippen LogP contribution in [0.5, 0.6) is 0 Å². The van der Waals surface area contributed by atoms with Crippen LogP contribution in [-0.4, -0.2) is 57.9 Å². The van der Waals surface area contributed by atoms with Crippen LogP contribution < -0.4 is 20.9 Å². The lowest BCUT2D eigenvalue weighted by atomic mass is 10.2. The van der Waals surface area contributed by atoms with E-state index in [4.69, 9.17) is 15.9 Å². The summed E-state index contributed by atoms with van der Waals surface area (Å²) in [6.45, 7) is 1.02. The zero-order valence-electron chi connectivity index (χ0n) is 17.1. The largest absolute Gasteiger partial charge is 0.444 e. The number of sulfone groups is 1. The second-order valence-corrected chi connectivity index (χ2v) is 9.10. The van der Waals surface area contributed by atoms with Crippen LogP contribution in [0.15, 0.2) is 35.4 Å². The summed E-state index contributed by atoms with van der Waals surface area (Å²) in [4.78, 5) is 18.8. The minimum atomic E-state index is -3.51. The molecule has 1 saturated heterocycles. The van der Waals surface area contributed by atoms with Gasteiger partial charge in [-0.1, -0.05) is 0 Å². The third-order valence-electron chi connectivity index (χ3n) is 4.81. The maximum atomic E-state index is 14.9. The summed E-state index contributed by atoms with van der Waals surface area (Å²) < 4.78 is 57.4. The SMILES string of the molecule is CS(=O)(=O)c1ccc(N2CCN(c3nccc(COC(=O)NC(=N)N)c3F)CC2)c(F)c1. The van der Waals surface area contributed by atoms with Crippen LogP contribution in [0.25, 0.3) is 0 Å². The molecule has 0 saturated carbocycles. The number of hydrogen-bond donors (Lipinski definition) is 3. The van der Waals surface area contributed by atoms with E-state index in [-0.39, 0.29) is 28.6 Å². The predicted molar refractivity (Wildman–Crippen MR) is 113 cm³/mol. The van der Waals surface area contributed by atoms with Gasteiger partial charge in [0.15, 0.2) is 27.4 Å². The van der Waals surface area contributed by atoms with Crippen LogP contribution in [0, 0.1) is 17.0 Å². The van der Waals surface area contributed by atoms with Crippen molar-refractivity contribution in [1.82, 2.24) is 10.3 Å². The number of alkyl carbamates (subject to hydrolysis) is 1. The van der Waals surface area contributed by atoms with E-state index in [1.807, 2.05) is 5.32 Å². The van der Waals surface area contributed by atoms with E-state index in [1.165, 1.54) is 24.4 Å². The minimum Gasteiger partial charge on any atom is -0.444 e. The van der Waals surface area contributed by atoms with E-state index < -0.39 is 33.5 Å². The van der Waals surface area contributed by atoms with Gasteiger partial charge in [-0.25, -0.2) is 27.0 Å². The van der Waals surface area contributed by atoms with Crippen LogP contribution in [0.4, 0.5) is 25.1 Å². The number of anilines is 2. The molecule has 0 atom stereocenters. The van der Waals surface area contributed by atoms with Gasteiger partial charge >= 0.3 is 6.09 Å². The van der Waals surface area contributed by atoms with Crippen molar-refractivity contribution < 1.29 is 26.7 Å². The molecule has 2 aromatic rings. The summed E-state index contributed by atoms with van der Waals surface area (Å²) in [5, 5.41) is 8.90. The summed E-state index contributed by atoms with van der Waals surface area (Å²) in [6.07, 6.45) is 1.42. The molecule has 1 aliphatic heterocycles. The van der Waals surface area contributed by atoms with E-state index >= 15 is 0 Å². The van der Waals surface area contributed by atoms with E-state index in [1.54, 1.807) is 9.80 Å². The summed E-state index contributed by atoms with van der Waals surface area (Å²) >= 11 is 0. The summed E-state index contributed by atoms with van der Waals surface area (Å²) in [5.74, 6) is -1.81. The Morgan fingerprint density at radius 2 is 1.88 bits per heavy atom. The molecule has 0 aliphatic carbocycles. The predicted octanol–water partition coefficient (Wildman–Crippen LogP) is 1.21. The Morgan fingerprint density at radius 1 is 1.22 bits per heavy atom. The first-order valence-electron chi connectivity index (χ1n) is 9.47. The summed E-state index contributed by atoms with van der Waals surface area (Å²) in [5.41, 5.74) is 5.39. The number of carbonyl (C=O) groups excluding carboxylic acids is 1. The zero-order chi connectivity index (χ0) is 23.5. The average Bonchev–Trinajstić information content (AvgIpc) is 2.72. The lowest BCUT2D eigenvalue weighted by Crippen LogP contribution is -2.47. The second kappa shape index (κ2) is 9.34. The molecular weight excluding hydrogens is 446 g/mol. The quantitative estimate of drug-likeness (QED) is 0.439. The van der Waals surface area contributed by atoms with Gasteiger partial charge < -0.3 is 20.3 Å². The molecule has 1 amide bonds. The number of ether oxygens (including phenoxy) is 1. The molecule has 0 radical (unpaired) electrons. The molecule has 4 N–H and O–H groups in total. The Hall–Kier alpha value is -3.48. The smallest absolute Gasteiger partial charge is 0.414 e. The number of nitrogens with two attached hydrogens (primary N) is 1. The highest BCUT2D eigenvalue weighted by Gasteiger charge is 2.24. The van der Waals surface area contributed by atoms with Gasteiger partial charge in [-0.05, 0) is 24.3 Å². The molecule has 3 rings (SSSR count). The van der Waals surface area contributed by atoms with E-state index in [9.17, 15) is 22.0 Å². The number of benzene rings is 1. The minimum absolute atomic E-state index is 0.0747. The number of nitrogens with one attached hydrogen (secondary N) is 2. The molecule has 1 aliphatic rings. The number of rotatable bonds is 5. The van der Waals surface area contributed by atoms with Gasteiger partial charge in [0.2, 0.25) is 0 Å².